The summed E-state index contributed by atoms with van der Waals surface area (Å²) in [5.74, 6) is 0.0783. The lowest BCUT2D eigenvalue weighted by Crippen LogP contribution is -2.35. The molecule has 0 aliphatic carbocycles. The molecule has 0 unspecified atom stereocenters. The molecule has 3 heteroatoms. The summed E-state index contributed by atoms with van der Waals surface area (Å²) < 4.78 is 0. The number of carbonyl (C=O) groups excluding carboxylic acids is 1. The van der Waals surface area contributed by atoms with Gasteiger partial charge in [0.1, 0.15) is 0 Å². The number of aryl methyl sites for hydroxylation is 2. The SMILES string of the molecule is Cc1cc(C)c2c(c1)N(C(=O)c1ccc(CN)cc1)CCC2. The van der Waals surface area contributed by atoms with Crippen molar-refractivity contribution in [3.05, 3.63) is 64.2 Å². The maximum absolute atomic E-state index is 12.9. The molecule has 2 aromatic carbocycles. The van der Waals surface area contributed by atoms with Crippen LogP contribution in [0.5, 0.6) is 0 Å². The van der Waals surface area contributed by atoms with Gasteiger partial charge in [0.2, 0.25) is 0 Å². The molecule has 0 saturated carbocycles. The summed E-state index contributed by atoms with van der Waals surface area (Å²) in [4.78, 5) is 14.8. The van der Waals surface area contributed by atoms with Gasteiger partial charge in [-0.25, -0.2) is 0 Å². The minimum atomic E-state index is 0.0783. The van der Waals surface area contributed by atoms with Gasteiger partial charge in [0, 0.05) is 24.3 Å². The second-order valence-corrected chi connectivity index (χ2v) is 6.04. The number of rotatable bonds is 2. The molecular weight excluding hydrogens is 272 g/mol. The maximum atomic E-state index is 12.9. The molecule has 114 valence electrons. The van der Waals surface area contributed by atoms with Gasteiger partial charge in [-0.3, -0.25) is 4.79 Å². The molecule has 0 aromatic heterocycles. The molecule has 3 nitrogen and oxygen atoms in total. The molecular formula is C19H22N2O. The van der Waals surface area contributed by atoms with Crippen molar-refractivity contribution in [3.63, 3.8) is 0 Å². The zero-order valence-electron chi connectivity index (χ0n) is 13.2. The van der Waals surface area contributed by atoms with Crippen LogP contribution in [0.3, 0.4) is 0 Å². The monoisotopic (exact) mass is 294 g/mol. The van der Waals surface area contributed by atoms with Crippen molar-refractivity contribution < 1.29 is 4.79 Å². The van der Waals surface area contributed by atoms with Crippen LogP contribution in [0, 0.1) is 13.8 Å². The third-order valence-electron chi connectivity index (χ3n) is 4.37. The van der Waals surface area contributed by atoms with Crippen molar-refractivity contribution in [1.29, 1.82) is 0 Å². The predicted molar refractivity (Wildman–Crippen MR) is 90.2 cm³/mol. The lowest BCUT2D eigenvalue weighted by Gasteiger charge is -2.31. The Kier molecular flexibility index (Phi) is 3.99. The fourth-order valence-electron chi connectivity index (χ4n) is 3.23. The topological polar surface area (TPSA) is 46.3 Å². The highest BCUT2D eigenvalue weighted by Gasteiger charge is 2.24. The second kappa shape index (κ2) is 5.93. The summed E-state index contributed by atoms with van der Waals surface area (Å²) in [5, 5.41) is 0. The van der Waals surface area contributed by atoms with E-state index in [0.717, 1.165) is 36.2 Å². The van der Waals surface area contributed by atoms with Crippen LogP contribution < -0.4 is 10.6 Å². The van der Waals surface area contributed by atoms with E-state index in [9.17, 15) is 4.79 Å². The second-order valence-electron chi connectivity index (χ2n) is 6.04. The first-order valence-electron chi connectivity index (χ1n) is 7.81. The van der Waals surface area contributed by atoms with Gasteiger partial charge in [-0.15, -0.1) is 0 Å². The highest BCUT2D eigenvalue weighted by atomic mass is 16.2. The quantitative estimate of drug-likeness (QED) is 0.923. The molecule has 0 fully saturated rings. The van der Waals surface area contributed by atoms with Crippen LogP contribution in [0.25, 0.3) is 0 Å². The van der Waals surface area contributed by atoms with Crippen molar-refractivity contribution in [2.45, 2.75) is 33.2 Å². The maximum Gasteiger partial charge on any atom is 0.258 e. The van der Waals surface area contributed by atoms with E-state index < -0.39 is 0 Å². The Bertz CT molecular complexity index is 704. The summed E-state index contributed by atoms with van der Waals surface area (Å²) in [6.07, 6.45) is 2.07. The van der Waals surface area contributed by atoms with E-state index in [1.807, 2.05) is 29.2 Å². The van der Waals surface area contributed by atoms with Gasteiger partial charge in [0.25, 0.3) is 5.91 Å². The van der Waals surface area contributed by atoms with E-state index in [0.29, 0.717) is 6.54 Å². The van der Waals surface area contributed by atoms with Gasteiger partial charge in [-0.1, -0.05) is 18.2 Å². The van der Waals surface area contributed by atoms with Crippen LogP contribution in [-0.4, -0.2) is 12.5 Å². The molecule has 1 heterocycles. The Labute approximate surface area is 131 Å². The molecule has 1 amide bonds. The summed E-state index contributed by atoms with van der Waals surface area (Å²) in [6.45, 7) is 5.50. The third-order valence-corrected chi connectivity index (χ3v) is 4.37. The number of carbonyl (C=O) groups is 1. The Morgan fingerprint density at radius 1 is 1.18 bits per heavy atom. The van der Waals surface area contributed by atoms with Crippen molar-refractivity contribution in [2.24, 2.45) is 5.73 Å². The first-order valence-corrected chi connectivity index (χ1v) is 7.81. The van der Waals surface area contributed by atoms with E-state index >= 15 is 0 Å². The van der Waals surface area contributed by atoms with Gasteiger partial charge in [0.05, 0.1) is 0 Å². The number of hydrogen-bond acceptors (Lipinski definition) is 2. The molecule has 0 bridgehead atoms. The van der Waals surface area contributed by atoms with Crippen LogP contribution in [0.2, 0.25) is 0 Å². The first kappa shape index (κ1) is 14.8. The van der Waals surface area contributed by atoms with E-state index in [-0.39, 0.29) is 5.91 Å². The Hall–Kier alpha value is -2.13. The molecule has 0 spiro atoms. The van der Waals surface area contributed by atoms with Crippen LogP contribution in [0.4, 0.5) is 5.69 Å². The molecule has 1 aliphatic heterocycles. The van der Waals surface area contributed by atoms with Crippen LogP contribution >= 0.6 is 0 Å². The average Bonchev–Trinajstić information content (AvgIpc) is 2.54. The summed E-state index contributed by atoms with van der Waals surface area (Å²) >= 11 is 0. The zero-order chi connectivity index (χ0) is 15.7. The summed E-state index contributed by atoms with van der Waals surface area (Å²) in [7, 11) is 0. The van der Waals surface area contributed by atoms with Crippen LogP contribution in [0.15, 0.2) is 36.4 Å². The fourth-order valence-corrected chi connectivity index (χ4v) is 3.23. The Balaban J connectivity index is 1.97. The van der Waals surface area contributed by atoms with Crippen molar-refractivity contribution in [1.82, 2.24) is 0 Å². The zero-order valence-corrected chi connectivity index (χ0v) is 13.2. The number of hydrogen-bond donors (Lipinski definition) is 1. The highest BCUT2D eigenvalue weighted by molar-refractivity contribution is 6.06. The number of nitrogens with zero attached hydrogens (tertiary/aromatic N) is 1. The molecule has 2 N–H and O–H groups in total. The molecule has 2 aromatic rings. The van der Waals surface area contributed by atoms with E-state index in [1.54, 1.807) is 0 Å². The largest absolute Gasteiger partial charge is 0.326 e. The first-order chi connectivity index (χ1) is 10.6. The smallest absolute Gasteiger partial charge is 0.258 e. The minimum Gasteiger partial charge on any atom is -0.326 e. The summed E-state index contributed by atoms with van der Waals surface area (Å²) in [5.41, 5.74) is 12.3. The average molecular weight is 294 g/mol. The molecule has 0 saturated heterocycles. The molecule has 1 aliphatic rings. The number of nitrogens with two attached hydrogens (primary N) is 1. The van der Waals surface area contributed by atoms with Gasteiger partial charge in [-0.2, -0.15) is 0 Å². The van der Waals surface area contributed by atoms with Crippen molar-refractivity contribution in [2.75, 3.05) is 11.4 Å². The van der Waals surface area contributed by atoms with Crippen molar-refractivity contribution in [3.8, 4) is 0 Å². The minimum absolute atomic E-state index is 0.0783. The summed E-state index contributed by atoms with van der Waals surface area (Å²) in [6, 6.07) is 11.9. The van der Waals surface area contributed by atoms with E-state index in [2.05, 4.69) is 26.0 Å². The molecule has 22 heavy (non-hydrogen) atoms. The third kappa shape index (κ3) is 2.64. The predicted octanol–water partition coefficient (Wildman–Crippen LogP) is 3.36. The number of fused-ring (bicyclic) bond motifs is 1. The van der Waals surface area contributed by atoms with Gasteiger partial charge < -0.3 is 10.6 Å². The van der Waals surface area contributed by atoms with E-state index in [1.165, 1.54) is 16.7 Å². The lowest BCUT2D eigenvalue weighted by atomic mass is 9.94. The molecule has 0 atom stereocenters. The fraction of sp³-hybridized carbons (Fsp3) is 0.316. The van der Waals surface area contributed by atoms with Crippen LogP contribution in [-0.2, 0) is 13.0 Å². The lowest BCUT2D eigenvalue weighted by molar-refractivity contribution is 0.0985. The van der Waals surface area contributed by atoms with E-state index in [4.69, 9.17) is 5.73 Å². The Morgan fingerprint density at radius 3 is 2.59 bits per heavy atom. The van der Waals surface area contributed by atoms with Crippen molar-refractivity contribution >= 4 is 11.6 Å². The number of benzene rings is 2. The molecule has 0 radical (unpaired) electrons. The van der Waals surface area contributed by atoms with Crippen LogP contribution in [0.1, 0.15) is 39.0 Å². The standard InChI is InChI=1S/C19H22N2O/c1-13-10-14(2)17-4-3-9-21(18(17)11-13)19(22)16-7-5-15(12-20)6-8-16/h5-8,10-11H,3-4,9,12,20H2,1-2H3. The van der Waals surface area contributed by atoms with Gasteiger partial charge >= 0.3 is 0 Å². The van der Waals surface area contributed by atoms with Gasteiger partial charge in [0.15, 0.2) is 0 Å². The Morgan fingerprint density at radius 2 is 1.91 bits per heavy atom. The number of anilines is 1. The van der Waals surface area contributed by atoms with Gasteiger partial charge in [-0.05, 0) is 67.1 Å². The normalized spacial score (nSPS) is 13.9. The highest BCUT2D eigenvalue weighted by Crippen LogP contribution is 2.32. The number of amides is 1. The molecule has 3 rings (SSSR count).